The Morgan fingerprint density at radius 3 is 2.36 bits per heavy atom. The second kappa shape index (κ2) is 9.17. The largest absolute Gasteiger partial charge is 0.451 e. The average Bonchev–Trinajstić information content (AvgIpc) is 3.51. The number of halogens is 2. The molecule has 0 N–H and O–H groups in total. The topological polar surface area (TPSA) is 75.6 Å². The van der Waals surface area contributed by atoms with Gasteiger partial charge >= 0.3 is 0 Å². The summed E-state index contributed by atoms with van der Waals surface area (Å²) >= 11 is 5.92. The fourth-order valence-electron chi connectivity index (χ4n) is 3.71. The van der Waals surface area contributed by atoms with E-state index < -0.39 is 0 Å². The molecule has 1 fully saturated rings. The monoisotopic (exact) mass is 466 g/mol. The first kappa shape index (κ1) is 21.4. The lowest BCUT2D eigenvalue weighted by atomic mass is 10.2. The molecular formula is C24H20ClFN4O3. The Balaban J connectivity index is 1.16. The summed E-state index contributed by atoms with van der Waals surface area (Å²) in [4.78, 5) is 21.2. The third kappa shape index (κ3) is 4.81. The van der Waals surface area contributed by atoms with Crippen LogP contribution in [0, 0.1) is 5.82 Å². The van der Waals surface area contributed by atoms with Crippen molar-refractivity contribution in [2.24, 2.45) is 0 Å². The number of amides is 1. The predicted molar refractivity (Wildman–Crippen MR) is 120 cm³/mol. The predicted octanol–water partition coefficient (Wildman–Crippen LogP) is 4.75. The molecule has 2 aromatic heterocycles. The molecule has 168 valence electrons. The highest BCUT2D eigenvalue weighted by atomic mass is 35.5. The first-order valence-corrected chi connectivity index (χ1v) is 10.9. The van der Waals surface area contributed by atoms with Crippen molar-refractivity contribution < 1.29 is 18.1 Å². The van der Waals surface area contributed by atoms with E-state index in [1.54, 1.807) is 41.3 Å². The summed E-state index contributed by atoms with van der Waals surface area (Å²) in [5, 5.41) is 4.69. The first-order chi connectivity index (χ1) is 16.0. The molecule has 4 aromatic rings. The maximum atomic E-state index is 13.1. The fourth-order valence-corrected chi connectivity index (χ4v) is 3.84. The molecule has 1 saturated heterocycles. The molecule has 7 nitrogen and oxygen atoms in total. The summed E-state index contributed by atoms with van der Waals surface area (Å²) in [5.74, 6) is 1.36. The van der Waals surface area contributed by atoms with Gasteiger partial charge in [-0.3, -0.25) is 9.69 Å². The van der Waals surface area contributed by atoms with Gasteiger partial charge in [-0.15, -0.1) is 0 Å². The molecule has 1 aliphatic heterocycles. The molecule has 0 unspecified atom stereocenters. The maximum absolute atomic E-state index is 13.1. The fraction of sp³-hybridized carbons (Fsp3) is 0.208. The third-order valence-electron chi connectivity index (χ3n) is 5.53. The second-order valence-electron chi connectivity index (χ2n) is 7.76. The van der Waals surface area contributed by atoms with Crippen LogP contribution in [0.1, 0.15) is 16.4 Å². The highest BCUT2D eigenvalue weighted by molar-refractivity contribution is 6.30. The van der Waals surface area contributed by atoms with Crippen LogP contribution in [0.4, 0.5) is 4.39 Å². The summed E-state index contributed by atoms with van der Waals surface area (Å²) in [6.07, 6.45) is 0. The number of carbonyl (C=O) groups is 1. The molecule has 3 heterocycles. The third-order valence-corrected chi connectivity index (χ3v) is 5.79. The molecule has 2 aromatic carbocycles. The van der Waals surface area contributed by atoms with Crippen molar-refractivity contribution in [2.75, 3.05) is 26.2 Å². The summed E-state index contributed by atoms with van der Waals surface area (Å²) in [5.41, 5.74) is 1.56. The van der Waals surface area contributed by atoms with Gasteiger partial charge in [-0.1, -0.05) is 16.8 Å². The average molecular weight is 467 g/mol. The second-order valence-corrected chi connectivity index (χ2v) is 8.19. The number of carbonyl (C=O) groups excluding carboxylic acids is 1. The van der Waals surface area contributed by atoms with Crippen molar-refractivity contribution in [3.63, 3.8) is 0 Å². The van der Waals surface area contributed by atoms with Crippen molar-refractivity contribution in [2.45, 2.75) is 6.54 Å². The standard InChI is InChI=1S/C24H20ClFN4O3/c25-18-5-1-17(2-6-18)23-27-22(33-28-23)15-29-11-13-30(14-12-29)24(31)21-10-9-20(32-21)16-3-7-19(26)8-4-16/h1-10H,11-15H2. The first-order valence-electron chi connectivity index (χ1n) is 10.5. The molecule has 5 rings (SSSR count). The molecular weight excluding hydrogens is 447 g/mol. The van der Waals surface area contributed by atoms with Crippen LogP contribution in [0.2, 0.25) is 5.02 Å². The minimum Gasteiger partial charge on any atom is -0.451 e. The zero-order valence-corrected chi connectivity index (χ0v) is 18.3. The number of benzene rings is 2. The van der Waals surface area contributed by atoms with E-state index in [1.807, 2.05) is 12.1 Å². The van der Waals surface area contributed by atoms with Crippen molar-refractivity contribution >= 4 is 17.5 Å². The lowest BCUT2D eigenvalue weighted by Crippen LogP contribution is -2.48. The van der Waals surface area contributed by atoms with Gasteiger partial charge < -0.3 is 13.8 Å². The molecule has 0 radical (unpaired) electrons. The molecule has 9 heteroatoms. The Labute approximate surface area is 194 Å². The van der Waals surface area contributed by atoms with Gasteiger partial charge in [0.25, 0.3) is 5.91 Å². The van der Waals surface area contributed by atoms with Gasteiger partial charge in [0.15, 0.2) is 5.76 Å². The Morgan fingerprint density at radius 1 is 0.939 bits per heavy atom. The minimum atomic E-state index is -0.318. The number of piperazine rings is 1. The number of nitrogens with zero attached hydrogens (tertiary/aromatic N) is 4. The van der Waals surface area contributed by atoms with E-state index in [2.05, 4.69) is 15.0 Å². The van der Waals surface area contributed by atoms with E-state index >= 15 is 0 Å². The summed E-state index contributed by atoms with van der Waals surface area (Å²) in [6, 6.07) is 16.6. The van der Waals surface area contributed by atoms with Gasteiger partial charge in [-0.2, -0.15) is 4.98 Å². The number of furan rings is 1. The summed E-state index contributed by atoms with van der Waals surface area (Å²) < 4.78 is 24.3. The molecule has 0 atom stereocenters. The Kier molecular flexibility index (Phi) is 5.93. The van der Waals surface area contributed by atoms with Gasteiger partial charge in [0.1, 0.15) is 11.6 Å². The van der Waals surface area contributed by atoms with E-state index in [9.17, 15) is 9.18 Å². The van der Waals surface area contributed by atoms with Crippen molar-refractivity contribution in [1.29, 1.82) is 0 Å². The van der Waals surface area contributed by atoms with Gasteiger partial charge in [-0.05, 0) is 60.7 Å². The normalized spacial score (nSPS) is 14.5. The molecule has 33 heavy (non-hydrogen) atoms. The van der Waals surface area contributed by atoms with Crippen LogP contribution in [0.25, 0.3) is 22.7 Å². The van der Waals surface area contributed by atoms with E-state index in [1.165, 1.54) is 12.1 Å². The Hall–Kier alpha value is -3.49. The lowest BCUT2D eigenvalue weighted by Gasteiger charge is -2.33. The molecule has 0 spiro atoms. The highest BCUT2D eigenvalue weighted by Crippen LogP contribution is 2.24. The van der Waals surface area contributed by atoms with Gasteiger partial charge in [0.05, 0.1) is 6.54 Å². The number of rotatable bonds is 5. The number of hydrogen-bond donors (Lipinski definition) is 0. The number of aromatic nitrogens is 2. The summed E-state index contributed by atoms with van der Waals surface area (Å²) in [7, 11) is 0. The van der Waals surface area contributed by atoms with Crippen LogP contribution < -0.4 is 0 Å². The Morgan fingerprint density at radius 2 is 1.64 bits per heavy atom. The van der Waals surface area contributed by atoms with E-state index in [0.717, 1.165) is 11.1 Å². The lowest BCUT2D eigenvalue weighted by molar-refractivity contribution is 0.0586. The highest BCUT2D eigenvalue weighted by Gasteiger charge is 2.25. The van der Waals surface area contributed by atoms with Crippen LogP contribution >= 0.6 is 11.6 Å². The molecule has 1 aliphatic rings. The molecule has 0 aliphatic carbocycles. The van der Waals surface area contributed by atoms with Crippen molar-refractivity contribution in [3.8, 4) is 22.7 Å². The molecule has 1 amide bonds. The zero-order valence-electron chi connectivity index (χ0n) is 17.6. The van der Waals surface area contributed by atoms with Gasteiger partial charge in [-0.25, -0.2) is 4.39 Å². The van der Waals surface area contributed by atoms with Crippen LogP contribution in [0.15, 0.2) is 69.6 Å². The van der Waals surface area contributed by atoms with E-state index in [-0.39, 0.29) is 17.5 Å². The number of hydrogen-bond acceptors (Lipinski definition) is 6. The smallest absolute Gasteiger partial charge is 0.289 e. The van der Waals surface area contributed by atoms with E-state index in [0.29, 0.717) is 55.2 Å². The quantitative estimate of drug-likeness (QED) is 0.422. The van der Waals surface area contributed by atoms with Gasteiger partial charge in [0, 0.05) is 42.3 Å². The maximum Gasteiger partial charge on any atom is 0.289 e. The summed E-state index contributed by atoms with van der Waals surface area (Å²) in [6.45, 7) is 2.98. The van der Waals surface area contributed by atoms with Crippen LogP contribution in [0.5, 0.6) is 0 Å². The molecule has 0 saturated carbocycles. The van der Waals surface area contributed by atoms with Crippen LogP contribution in [0.3, 0.4) is 0 Å². The van der Waals surface area contributed by atoms with Crippen molar-refractivity contribution in [3.05, 3.63) is 83.2 Å². The Bertz CT molecular complexity index is 1250. The SMILES string of the molecule is O=C(c1ccc(-c2ccc(F)cc2)o1)N1CCN(Cc2nc(-c3ccc(Cl)cc3)no2)CC1. The van der Waals surface area contributed by atoms with Crippen LogP contribution in [-0.2, 0) is 6.54 Å². The van der Waals surface area contributed by atoms with Gasteiger partial charge in [0.2, 0.25) is 11.7 Å². The minimum absolute atomic E-state index is 0.161. The van der Waals surface area contributed by atoms with Crippen LogP contribution in [-0.4, -0.2) is 52.0 Å². The van der Waals surface area contributed by atoms with E-state index in [4.69, 9.17) is 20.5 Å². The molecule has 0 bridgehead atoms. The zero-order chi connectivity index (χ0) is 22.8. The van der Waals surface area contributed by atoms with Crippen molar-refractivity contribution in [1.82, 2.24) is 19.9 Å².